The predicted octanol–water partition coefficient (Wildman–Crippen LogP) is 0.834. The van der Waals surface area contributed by atoms with E-state index in [0.29, 0.717) is 6.04 Å². The van der Waals surface area contributed by atoms with Gasteiger partial charge in [-0.1, -0.05) is 13.5 Å². The summed E-state index contributed by atoms with van der Waals surface area (Å²) >= 11 is 0. The van der Waals surface area contributed by atoms with Gasteiger partial charge >= 0.3 is 0 Å². The van der Waals surface area contributed by atoms with Gasteiger partial charge in [-0.05, 0) is 19.4 Å². The van der Waals surface area contributed by atoms with Gasteiger partial charge in [-0.25, -0.2) is 0 Å². The van der Waals surface area contributed by atoms with Crippen LogP contribution in [0.15, 0.2) is 12.3 Å². The van der Waals surface area contributed by atoms with Gasteiger partial charge in [-0.3, -0.25) is 5.32 Å². The van der Waals surface area contributed by atoms with E-state index in [2.05, 4.69) is 24.1 Å². The van der Waals surface area contributed by atoms with Crippen molar-refractivity contribution in [2.75, 3.05) is 13.7 Å². The zero-order chi connectivity index (χ0) is 8.97. The number of nitrogens with one attached hydrogen (secondary N) is 2. The van der Waals surface area contributed by atoms with Crippen molar-refractivity contribution in [3.05, 3.63) is 12.3 Å². The number of likely N-dealkylation sites (N-methyl/N-ethyl adjacent to an activating group) is 1. The minimum Gasteiger partial charge on any atom is -0.382 e. The summed E-state index contributed by atoms with van der Waals surface area (Å²) in [6.07, 6.45) is 2.30. The highest BCUT2D eigenvalue weighted by molar-refractivity contribution is 5.02. The fraction of sp³-hybridized carbons (Fsp3) is 0.778. The van der Waals surface area contributed by atoms with Crippen LogP contribution in [0.4, 0.5) is 0 Å². The molecule has 1 heterocycles. The highest BCUT2D eigenvalue weighted by Crippen LogP contribution is 2.16. The maximum Gasteiger partial charge on any atom is 0.128 e. The minimum absolute atomic E-state index is 0.120. The van der Waals surface area contributed by atoms with Crippen molar-refractivity contribution >= 4 is 0 Å². The molecule has 3 nitrogen and oxygen atoms in total. The maximum atomic E-state index is 5.31. The van der Waals surface area contributed by atoms with Crippen LogP contribution in [-0.2, 0) is 4.74 Å². The molecule has 0 spiro atoms. The molecule has 3 heteroatoms. The maximum absolute atomic E-state index is 5.31. The molecule has 1 fully saturated rings. The first-order valence-corrected chi connectivity index (χ1v) is 4.48. The molecule has 2 atom stereocenters. The normalized spacial score (nSPS) is 25.5. The van der Waals surface area contributed by atoms with Gasteiger partial charge in [0.2, 0.25) is 0 Å². The lowest BCUT2D eigenvalue weighted by atomic mass is 10.2. The van der Waals surface area contributed by atoms with Crippen molar-refractivity contribution in [2.45, 2.75) is 32.0 Å². The summed E-state index contributed by atoms with van der Waals surface area (Å²) in [5.74, 6) is 0. The molecule has 2 unspecified atom stereocenters. The summed E-state index contributed by atoms with van der Waals surface area (Å²) < 4.78 is 5.31. The Morgan fingerprint density at radius 1 is 1.83 bits per heavy atom. The van der Waals surface area contributed by atoms with Crippen LogP contribution in [0.1, 0.15) is 19.8 Å². The number of hydrogen-bond acceptors (Lipinski definition) is 3. The van der Waals surface area contributed by atoms with Gasteiger partial charge in [0.1, 0.15) is 6.23 Å². The van der Waals surface area contributed by atoms with Crippen molar-refractivity contribution in [2.24, 2.45) is 0 Å². The van der Waals surface area contributed by atoms with Crippen molar-refractivity contribution < 1.29 is 4.74 Å². The summed E-state index contributed by atoms with van der Waals surface area (Å²) in [7, 11) is 1.73. The smallest absolute Gasteiger partial charge is 0.128 e. The average Bonchev–Trinajstić information content (AvgIpc) is 2.47. The van der Waals surface area contributed by atoms with Crippen LogP contribution in [0.2, 0.25) is 0 Å². The van der Waals surface area contributed by atoms with Crippen LogP contribution in [0.5, 0.6) is 0 Å². The Morgan fingerprint density at radius 2 is 2.58 bits per heavy atom. The van der Waals surface area contributed by atoms with Crippen molar-refractivity contribution in [1.29, 1.82) is 0 Å². The Kier molecular flexibility index (Phi) is 3.56. The molecule has 12 heavy (non-hydrogen) atoms. The first kappa shape index (κ1) is 9.55. The van der Waals surface area contributed by atoms with Crippen LogP contribution in [-0.4, -0.2) is 25.9 Å². The van der Waals surface area contributed by atoms with Crippen LogP contribution in [0, 0.1) is 0 Å². The Morgan fingerprint density at radius 3 is 3.00 bits per heavy atom. The van der Waals surface area contributed by atoms with E-state index in [1.165, 1.54) is 0 Å². The molecule has 0 aliphatic carbocycles. The van der Waals surface area contributed by atoms with E-state index in [0.717, 1.165) is 25.1 Å². The first-order valence-electron chi connectivity index (χ1n) is 4.48. The molecule has 0 aromatic carbocycles. The zero-order valence-electron chi connectivity index (χ0n) is 7.89. The lowest BCUT2D eigenvalue weighted by Gasteiger charge is -2.23. The number of ether oxygens (including phenoxy) is 1. The molecular formula is C9H18N2O. The zero-order valence-corrected chi connectivity index (χ0v) is 7.89. The Balaban J connectivity index is 2.38. The first-order chi connectivity index (χ1) is 5.77. The van der Waals surface area contributed by atoms with Gasteiger partial charge in [-0.2, -0.15) is 0 Å². The lowest BCUT2D eigenvalue weighted by molar-refractivity contribution is 0.0493. The molecule has 1 aliphatic rings. The topological polar surface area (TPSA) is 33.3 Å². The number of hydrogen-bond donors (Lipinski definition) is 2. The molecule has 0 bridgehead atoms. The van der Waals surface area contributed by atoms with Crippen LogP contribution in [0.3, 0.4) is 0 Å². The number of rotatable bonds is 4. The molecule has 0 aromatic heterocycles. The van der Waals surface area contributed by atoms with Gasteiger partial charge in [0.05, 0.1) is 6.04 Å². The van der Waals surface area contributed by atoms with E-state index in [4.69, 9.17) is 4.74 Å². The second kappa shape index (κ2) is 4.48. The quantitative estimate of drug-likeness (QED) is 0.613. The van der Waals surface area contributed by atoms with Gasteiger partial charge < -0.3 is 10.1 Å². The van der Waals surface area contributed by atoms with Gasteiger partial charge in [0, 0.05) is 12.8 Å². The standard InChI is InChI=1S/C9H18N2O/c1-4-10-9(12-3)8-6-5-7(2)11-8/h8-11H,2,4-6H2,1,3H3. The summed E-state index contributed by atoms with van der Waals surface area (Å²) in [5.41, 5.74) is 1.12. The third-order valence-corrected chi connectivity index (χ3v) is 2.17. The second-order valence-electron chi connectivity index (χ2n) is 3.11. The SMILES string of the molecule is C=C1CCC(C(NCC)OC)N1. The summed E-state index contributed by atoms with van der Waals surface area (Å²) in [5, 5.41) is 6.58. The molecule has 1 saturated heterocycles. The third kappa shape index (κ3) is 2.22. The van der Waals surface area contributed by atoms with Gasteiger partial charge in [-0.15, -0.1) is 0 Å². The van der Waals surface area contributed by atoms with E-state index >= 15 is 0 Å². The molecule has 1 rings (SSSR count). The molecule has 70 valence electrons. The van der Waals surface area contributed by atoms with E-state index in [1.54, 1.807) is 7.11 Å². The molecule has 0 radical (unpaired) electrons. The fourth-order valence-corrected chi connectivity index (χ4v) is 1.55. The van der Waals surface area contributed by atoms with Crippen LogP contribution < -0.4 is 10.6 Å². The summed E-state index contributed by atoms with van der Waals surface area (Å²) in [6, 6.07) is 0.391. The fourth-order valence-electron chi connectivity index (χ4n) is 1.55. The number of allylic oxidation sites excluding steroid dienone is 1. The number of methoxy groups -OCH3 is 1. The van der Waals surface area contributed by atoms with E-state index in [1.807, 2.05) is 0 Å². The molecule has 0 saturated carbocycles. The van der Waals surface area contributed by atoms with Crippen LogP contribution in [0.25, 0.3) is 0 Å². The highest BCUT2D eigenvalue weighted by Gasteiger charge is 2.24. The molecular weight excluding hydrogens is 152 g/mol. The monoisotopic (exact) mass is 170 g/mol. The Hall–Kier alpha value is -0.540. The summed E-state index contributed by atoms with van der Waals surface area (Å²) in [4.78, 5) is 0. The van der Waals surface area contributed by atoms with Gasteiger partial charge in [0.25, 0.3) is 0 Å². The molecule has 1 aliphatic heterocycles. The molecule has 0 amide bonds. The minimum atomic E-state index is 0.120. The third-order valence-electron chi connectivity index (χ3n) is 2.17. The van der Waals surface area contributed by atoms with Crippen molar-refractivity contribution in [1.82, 2.24) is 10.6 Å². The predicted molar refractivity (Wildman–Crippen MR) is 49.8 cm³/mol. The Labute approximate surface area is 74.2 Å². The van der Waals surface area contributed by atoms with E-state index in [-0.39, 0.29) is 6.23 Å². The highest BCUT2D eigenvalue weighted by atomic mass is 16.5. The summed E-state index contributed by atoms with van der Waals surface area (Å²) in [6.45, 7) is 6.90. The average molecular weight is 170 g/mol. The molecule has 0 aromatic rings. The second-order valence-corrected chi connectivity index (χ2v) is 3.11. The van der Waals surface area contributed by atoms with Gasteiger partial charge in [0.15, 0.2) is 0 Å². The van der Waals surface area contributed by atoms with Crippen molar-refractivity contribution in [3.63, 3.8) is 0 Å². The largest absolute Gasteiger partial charge is 0.382 e. The lowest BCUT2D eigenvalue weighted by Crippen LogP contribution is -2.45. The molecule has 2 N–H and O–H groups in total. The van der Waals surface area contributed by atoms with Crippen molar-refractivity contribution in [3.8, 4) is 0 Å². The van der Waals surface area contributed by atoms with E-state index < -0.39 is 0 Å². The van der Waals surface area contributed by atoms with Crippen LogP contribution >= 0.6 is 0 Å². The Bertz CT molecular complexity index is 159. The van der Waals surface area contributed by atoms with E-state index in [9.17, 15) is 0 Å².